The van der Waals surface area contributed by atoms with Crippen LogP contribution < -0.4 is 5.32 Å². The molecule has 0 unspecified atom stereocenters. The van der Waals surface area contributed by atoms with Gasteiger partial charge in [-0.2, -0.15) is 0 Å². The molecular formula is C13H20ClN3. The van der Waals surface area contributed by atoms with Crippen LogP contribution >= 0.6 is 11.6 Å². The first-order chi connectivity index (χ1) is 8.15. The van der Waals surface area contributed by atoms with Gasteiger partial charge >= 0.3 is 0 Å². The van der Waals surface area contributed by atoms with Gasteiger partial charge in [-0.25, -0.2) is 4.98 Å². The van der Waals surface area contributed by atoms with Crippen molar-refractivity contribution in [1.29, 1.82) is 0 Å². The Morgan fingerprint density at radius 3 is 2.53 bits per heavy atom. The fourth-order valence-electron chi connectivity index (χ4n) is 2.39. The summed E-state index contributed by atoms with van der Waals surface area (Å²) in [7, 11) is 0. The molecule has 0 amide bonds. The van der Waals surface area contributed by atoms with Crippen LogP contribution in [0.5, 0.6) is 0 Å². The monoisotopic (exact) mass is 253 g/mol. The largest absolute Gasteiger partial charge is 0.362 e. The highest BCUT2D eigenvalue weighted by molar-refractivity contribution is 6.18. The lowest BCUT2D eigenvalue weighted by molar-refractivity contribution is 0.352. The molecule has 0 aromatic carbocycles. The van der Waals surface area contributed by atoms with Gasteiger partial charge in [-0.1, -0.05) is 19.3 Å². The van der Waals surface area contributed by atoms with Crippen LogP contribution in [-0.2, 0) is 0 Å². The zero-order valence-corrected chi connectivity index (χ0v) is 11.3. The maximum Gasteiger partial charge on any atom is 0.145 e. The Hall–Kier alpha value is -0.830. The molecule has 1 aromatic heterocycles. The van der Waals surface area contributed by atoms with E-state index in [0.29, 0.717) is 5.88 Å². The van der Waals surface area contributed by atoms with Crippen LogP contribution in [0, 0.1) is 13.8 Å². The first kappa shape index (κ1) is 12.6. The van der Waals surface area contributed by atoms with Crippen molar-refractivity contribution in [3.63, 3.8) is 0 Å². The van der Waals surface area contributed by atoms with Crippen molar-refractivity contribution in [2.45, 2.75) is 51.5 Å². The summed E-state index contributed by atoms with van der Waals surface area (Å²) in [5.74, 6) is 1.50. The third-order valence-corrected chi connectivity index (χ3v) is 4.16. The summed E-state index contributed by atoms with van der Waals surface area (Å²) < 4.78 is 0. The topological polar surface area (TPSA) is 37.8 Å². The third kappa shape index (κ3) is 2.89. The van der Waals surface area contributed by atoms with E-state index in [0.717, 1.165) is 30.0 Å². The minimum Gasteiger partial charge on any atom is -0.362 e. The minimum absolute atomic E-state index is 0.0240. The molecule has 0 spiro atoms. The Balaban J connectivity index is 2.14. The molecule has 0 saturated heterocycles. The maximum atomic E-state index is 6.15. The highest BCUT2D eigenvalue weighted by atomic mass is 35.5. The fraction of sp³-hybridized carbons (Fsp3) is 0.692. The number of aryl methyl sites for hydroxylation is 2. The van der Waals surface area contributed by atoms with Gasteiger partial charge in [0.1, 0.15) is 5.82 Å². The van der Waals surface area contributed by atoms with Crippen molar-refractivity contribution in [2.75, 3.05) is 11.2 Å². The second kappa shape index (κ2) is 5.21. The van der Waals surface area contributed by atoms with Gasteiger partial charge in [-0.05, 0) is 26.7 Å². The van der Waals surface area contributed by atoms with Crippen LogP contribution in [0.3, 0.4) is 0 Å². The van der Waals surface area contributed by atoms with Crippen LogP contribution in [0.2, 0.25) is 0 Å². The summed E-state index contributed by atoms with van der Waals surface area (Å²) in [6, 6.07) is 0. The van der Waals surface area contributed by atoms with Crippen molar-refractivity contribution in [3.05, 3.63) is 17.6 Å². The lowest BCUT2D eigenvalue weighted by atomic mass is 9.83. The number of nitrogens with zero attached hydrogens (tertiary/aromatic N) is 2. The van der Waals surface area contributed by atoms with Crippen LogP contribution in [-0.4, -0.2) is 21.4 Å². The summed E-state index contributed by atoms with van der Waals surface area (Å²) in [4.78, 5) is 8.87. The number of rotatable bonds is 3. The first-order valence-electron chi connectivity index (χ1n) is 6.30. The number of hydrogen-bond donors (Lipinski definition) is 1. The SMILES string of the molecule is Cc1ncc(NC2(CCl)CCCCC2)nc1C. The molecule has 0 aliphatic heterocycles. The molecule has 1 saturated carbocycles. The number of halogens is 1. The molecule has 1 N–H and O–H groups in total. The molecule has 3 nitrogen and oxygen atoms in total. The Morgan fingerprint density at radius 2 is 1.94 bits per heavy atom. The van der Waals surface area contributed by atoms with Gasteiger partial charge in [0.25, 0.3) is 0 Å². The van der Waals surface area contributed by atoms with Gasteiger partial charge in [0.05, 0.1) is 23.1 Å². The Bertz CT molecular complexity index is 386. The summed E-state index contributed by atoms with van der Waals surface area (Å²) in [6.07, 6.45) is 7.89. The predicted molar refractivity (Wildman–Crippen MR) is 71.7 cm³/mol. The average molecular weight is 254 g/mol. The van der Waals surface area contributed by atoms with Gasteiger partial charge < -0.3 is 5.32 Å². The molecule has 1 aliphatic rings. The summed E-state index contributed by atoms with van der Waals surface area (Å²) >= 11 is 6.15. The van der Waals surface area contributed by atoms with Crippen molar-refractivity contribution < 1.29 is 0 Å². The van der Waals surface area contributed by atoms with Crippen molar-refractivity contribution in [3.8, 4) is 0 Å². The van der Waals surface area contributed by atoms with E-state index in [9.17, 15) is 0 Å². The quantitative estimate of drug-likeness (QED) is 0.839. The number of aromatic nitrogens is 2. The molecule has 0 atom stereocenters. The second-order valence-corrected chi connectivity index (χ2v) is 5.29. The number of hydrogen-bond acceptors (Lipinski definition) is 3. The predicted octanol–water partition coefficient (Wildman–Crippen LogP) is 3.45. The smallest absolute Gasteiger partial charge is 0.145 e. The van der Waals surface area contributed by atoms with Gasteiger partial charge in [0.2, 0.25) is 0 Å². The van der Waals surface area contributed by atoms with E-state index >= 15 is 0 Å². The van der Waals surface area contributed by atoms with E-state index in [2.05, 4.69) is 15.3 Å². The van der Waals surface area contributed by atoms with Crippen LogP contribution in [0.4, 0.5) is 5.82 Å². The van der Waals surface area contributed by atoms with Crippen molar-refractivity contribution in [2.24, 2.45) is 0 Å². The molecule has 1 aliphatic carbocycles. The molecule has 1 aromatic rings. The molecule has 2 rings (SSSR count). The van der Waals surface area contributed by atoms with Crippen molar-refractivity contribution >= 4 is 17.4 Å². The van der Waals surface area contributed by atoms with Crippen molar-refractivity contribution in [1.82, 2.24) is 9.97 Å². The molecule has 17 heavy (non-hydrogen) atoms. The molecule has 0 bridgehead atoms. The molecular weight excluding hydrogens is 234 g/mol. The van der Waals surface area contributed by atoms with Crippen LogP contribution in [0.15, 0.2) is 6.20 Å². The standard InChI is InChI=1S/C13H20ClN3/c1-10-11(2)16-12(8-15-10)17-13(9-14)6-4-3-5-7-13/h8H,3-7,9H2,1-2H3,(H,16,17). The van der Waals surface area contributed by atoms with Gasteiger partial charge in [0, 0.05) is 5.88 Å². The normalized spacial score (nSPS) is 19.0. The number of nitrogens with one attached hydrogen (secondary N) is 1. The van der Waals surface area contributed by atoms with E-state index in [1.54, 1.807) is 0 Å². The first-order valence-corrected chi connectivity index (χ1v) is 6.83. The van der Waals surface area contributed by atoms with E-state index in [-0.39, 0.29) is 5.54 Å². The highest BCUT2D eigenvalue weighted by Gasteiger charge is 2.31. The number of alkyl halides is 1. The zero-order valence-electron chi connectivity index (χ0n) is 10.6. The van der Waals surface area contributed by atoms with E-state index < -0.39 is 0 Å². The van der Waals surface area contributed by atoms with Crippen LogP contribution in [0.1, 0.15) is 43.5 Å². The van der Waals surface area contributed by atoms with Gasteiger partial charge in [-0.15, -0.1) is 11.6 Å². The third-order valence-electron chi connectivity index (χ3n) is 3.65. The molecule has 4 heteroatoms. The van der Waals surface area contributed by atoms with E-state index in [1.807, 2.05) is 20.0 Å². The molecule has 0 radical (unpaired) electrons. The Kier molecular flexibility index (Phi) is 3.87. The molecule has 1 heterocycles. The molecule has 1 fully saturated rings. The summed E-state index contributed by atoms with van der Waals surface area (Å²) in [5, 5.41) is 3.51. The Labute approximate surface area is 108 Å². The van der Waals surface area contributed by atoms with E-state index in [1.165, 1.54) is 19.3 Å². The fourth-order valence-corrected chi connectivity index (χ4v) is 2.73. The average Bonchev–Trinajstić information content (AvgIpc) is 2.35. The number of anilines is 1. The summed E-state index contributed by atoms with van der Waals surface area (Å²) in [6.45, 7) is 3.96. The summed E-state index contributed by atoms with van der Waals surface area (Å²) in [5.41, 5.74) is 1.99. The van der Waals surface area contributed by atoms with Gasteiger partial charge in [0.15, 0.2) is 0 Å². The maximum absolute atomic E-state index is 6.15. The lowest BCUT2D eigenvalue weighted by Crippen LogP contribution is -2.42. The molecule has 94 valence electrons. The minimum atomic E-state index is 0.0240. The van der Waals surface area contributed by atoms with Crippen LogP contribution in [0.25, 0.3) is 0 Å². The second-order valence-electron chi connectivity index (χ2n) is 5.03. The highest BCUT2D eigenvalue weighted by Crippen LogP contribution is 2.32. The zero-order chi connectivity index (χ0) is 12.3. The lowest BCUT2D eigenvalue weighted by Gasteiger charge is -2.36. The van der Waals surface area contributed by atoms with Gasteiger partial charge in [-0.3, -0.25) is 4.98 Å². The Morgan fingerprint density at radius 1 is 1.24 bits per heavy atom. The van der Waals surface area contributed by atoms with E-state index in [4.69, 9.17) is 11.6 Å².